The molecule has 0 spiro atoms. The summed E-state index contributed by atoms with van der Waals surface area (Å²) in [4.78, 5) is 9.91. The predicted octanol–water partition coefficient (Wildman–Crippen LogP) is 3.48. The lowest BCUT2D eigenvalue weighted by molar-refractivity contribution is -0.137. The smallest absolute Gasteiger partial charge is 0.305 e. The molecule has 1 aliphatic carbocycles. The Balaban J connectivity index is 2.14. The standard InChI is InChI=1S/C14H13ClO2/c15-14(10-13(16)17)8-6-12(7-9-14)11-4-2-1-3-5-11/h1-8H,9-10H2,(H,16,17). The van der Waals surface area contributed by atoms with Crippen molar-refractivity contribution in [1.82, 2.24) is 0 Å². The van der Waals surface area contributed by atoms with Gasteiger partial charge in [-0.05, 0) is 17.6 Å². The van der Waals surface area contributed by atoms with E-state index in [9.17, 15) is 4.79 Å². The number of alkyl halides is 1. The maximum absolute atomic E-state index is 10.7. The highest BCUT2D eigenvalue weighted by atomic mass is 35.5. The maximum Gasteiger partial charge on any atom is 0.305 e. The van der Waals surface area contributed by atoms with Crippen LogP contribution in [0.3, 0.4) is 0 Å². The second-order valence-corrected chi connectivity index (χ2v) is 4.92. The Morgan fingerprint density at radius 2 is 2.06 bits per heavy atom. The van der Waals surface area contributed by atoms with Gasteiger partial charge in [0.05, 0.1) is 11.3 Å². The number of carboxylic acids is 1. The summed E-state index contributed by atoms with van der Waals surface area (Å²) in [5, 5.41) is 8.77. The van der Waals surface area contributed by atoms with E-state index >= 15 is 0 Å². The van der Waals surface area contributed by atoms with Crippen molar-refractivity contribution < 1.29 is 9.90 Å². The minimum atomic E-state index is -0.874. The van der Waals surface area contributed by atoms with Gasteiger partial charge in [-0.2, -0.15) is 0 Å². The van der Waals surface area contributed by atoms with Crippen molar-refractivity contribution in [3.05, 3.63) is 54.1 Å². The number of carboxylic acid groups (broad SMARTS) is 1. The Kier molecular flexibility index (Phi) is 3.34. The number of benzene rings is 1. The van der Waals surface area contributed by atoms with Crippen LogP contribution in [0.5, 0.6) is 0 Å². The Bertz CT molecular complexity index is 476. The molecule has 0 fully saturated rings. The van der Waals surface area contributed by atoms with Gasteiger partial charge in [-0.15, -0.1) is 11.6 Å². The van der Waals surface area contributed by atoms with Gasteiger partial charge in [0, 0.05) is 0 Å². The fourth-order valence-electron chi connectivity index (χ4n) is 1.88. The van der Waals surface area contributed by atoms with Crippen molar-refractivity contribution in [1.29, 1.82) is 0 Å². The molecule has 2 nitrogen and oxygen atoms in total. The first-order valence-electron chi connectivity index (χ1n) is 5.45. The van der Waals surface area contributed by atoms with E-state index in [-0.39, 0.29) is 6.42 Å². The number of allylic oxidation sites excluding steroid dienone is 4. The average Bonchev–Trinajstić information content (AvgIpc) is 2.29. The lowest BCUT2D eigenvalue weighted by Crippen LogP contribution is -2.23. The van der Waals surface area contributed by atoms with Crippen molar-refractivity contribution in [3.8, 4) is 0 Å². The van der Waals surface area contributed by atoms with Crippen LogP contribution in [0, 0.1) is 0 Å². The highest BCUT2D eigenvalue weighted by Crippen LogP contribution is 2.33. The fourth-order valence-corrected chi connectivity index (χ4v) is 2.14. The summed E-state index contributed by atoms with van der Waals surface area (Å²) in [5.74, 6) is -0.874. The Morgan fingerprint density at radius 3 is 2.59 bits per heavy atom. The third-order valence-corrected chi connectivity index (χ3v) is 3.19. The van der Waals surface area contributed by atoms with Gasteiger partial charge in [0.1, 0.15) is 0 Å². The van der Waals surface area contributed by atoms with Crippen LogP contribution < -0.4 is 0 Å². The summed E-state index contributed by atoms with van der Waals surface area (Å²) in [5.41, 5.74) is 2.21. The van der Waals surface area contributed by atoms with Crippen LogP contribution in [0.15, 0.2) is 48.6 Å². The Labute approximate surface area is 105 Å². The van der Waals surface area contributed by atoms with Gasteiger partial charge < -0.3 is 5.11 Å². The molecule has 1 unspecified atom stereocenters. The quantitative estimate of drug-likeness (QED) is 0.832. The van der Waals surface area contributed by atoms with Gasteiger partial charge in [-0.1, -0.05) is 48.6 Å². The number of carbonyl (C=O) groups is 1. The largest absolute Gasteiger partial charge is 0.481 e. The second-order valence-electron chi connectivity index (χ2n) is 4.17. The first kappa shape index (κ1) is 11.9. The van der Waals surface area contributed by atoms with Crippen LogP contribution in [-0.2, 0) is 4.79 Å². The molecule has 1 aromatic carbocycles. The first-order valence-corrected chi connectivity index (χ1v) is 5.82. The minimum absolute atomic E-state index is 0.0520. The molecule has 0 aromatic heterocycles. The van der Waals surface area contributed by atoms with E-state index in [1.54, 1.807) is 6.08 Å². The number of hydrogen-bond acceptors (Lipinski definition) is 1. The Morgan fingerprint density at radius 1 is 1.35 bits per heavy atom. The van der Waals surface area contributed by atoms with Crippen LogP contribution in [0.4, 0.5) is 0 Å². The molecule has 1 N–H and O–H groups in total. The van der Waals surface area contributed by atoms with E-state index in [2.05, 4.69) is 0 Å². The van der Waals surface area contributed by atoms with Crippen LogP contribution >= 0.6 is 11.6 Å². The molecule has 1 aromatic rings. The third-order valence-electron chi connectivity index (χ3n) is 2.78. The maximum atomic E-state index is 10.7. The zero-order valence-corrected chi connectivity index (χ0v) is 10.0. The number of hydrogen-bond donors (Lipinski definition) is 1. The molecular formula is C14H13ClO2. The summed E-state index contributed by atoms with van der Waals surface area (Å²) < 4.78 is 0. The summed E-state index contributed by atoms with van der Waals surface area (Å²) in [6.45, 7) is 0. The molecule has 0 saturated carbocycles. The number of rotatable bonds is 3. The van der Waals surface area contributed by atoms with Crippen molar-refractivity contribution in [2.75, 3.05) is 0 Å². The second kappa shape index (κ2) is 4.76. The molecule has 0 heterocycles. The SMILES string of the molecule is O=C(O)CC1(Cl)C=CC(c2ccccc2)=CC1. The predicted molar refractivity (Wildman–Crippen MR) is 69.0 cm³/mol. The normalized spacial score (nSPS) is 23.2. The molecule has 0 saturated heterocycles. The molecule has 2 rings (SSSR count). The average molecular weight is 249 g/mol. The van der Waals surface area contributed by atoms with E-state index in [4.69, 9.17) is 16.7 Å². The van der Waals surface area contributed by atoms with Gasteiger partial charge >= 0.3 is 5.97 Å². The van der Waals surface area contributed by atoms with Gasteiger partial charge in [0.2, 0.25) is 0 Å². The number of halogens is 1. The van der Waals surface area contributed by atoms with Gasteiger partial charge in [-0.3, -0.25) is 4.79 Å². The summed E-state index contributed by atoms with van der Waals surface area (Å²) in [6, 6.07) is 9.96. The number of aliphatic carboxylic acids is 1. The topological polar surface area (TPSA) is 37.3 Å². The van der Waals surface area contributed by atoms with Crippen LogP contribution in [0.2, 0.25) is 0 Å². The molecule has 17 heavy (non-hydrogen) atoms. The van der Waals surface area contributed by atoms with Crippen LogP contribution in [0.1, 0.15) is 18.4 Å². The molecule has 3 heteroatoms. The van der Waals surface area contributed by atoms with Crippen molar-refractivity contribution in [2.24, 2.45) is 0 Å². The molecule has 0 amide bonds. The van der Waals surface area contributed by atoms with E-state index in [1.165, 1.54) is 0 Å². The third kappa shape index (κ3) is 2.98. The highest BCUT2D eigenvalue weighted by Gasteiger charge is 2.28. The van der Waals surface area contributed by atoms with Gasteiger partial charge in [0.25, 0.3) is 0 Å². The van der Waals surface area contributed by atoms with Crippen LogP contribution in [0.25, 0.3) is 5.57 Å². The van der Waals surface area contributed by atoms with Crippen LogP contribution in [-0.4, -0.2) is 16.0 Å². The lowest BCUT2D eigenvalue weighted by Gasteiger charge is -2.23. The van der Waals surface area contributed by atoms with Crippen molar-refractivity contribution in [3.63, 3.8) is 0 Å². The van der Waals surface area contributed by atoms with E-state index < -0.39 is 10.8 Å². The summed E-state index contributed by atoms with van der Waals surface area (Å²) in [7, 11) is 0. The zero-order chi connectivity index (χ0) is 12.3. The first-order chi connectivity index (χ1) is 8.09. The molecule has 0 radical (unpaired) electrons. The van der Waals surface area contributed by atoms with Gasteiger partial charge in [0.15, 0.2) is 0 Å². The molecule has 0 bridgehead atoms. The van der Waals surface area contributed by atoms with E-state index in [0.29, 0.717) is 6.42 Å². The molecule has 1 aliphatic rings. The monoisotopic (exact) mass is 248 g/mol. The fraction of sp³-hybridized carbons (Fsp3) is 0.214. The van der Waals surface area contributed by atoms with Crippen molar-refractivity contribution >= 4 is 23.1 Å². The summed E-state index contributed by atoms with van der Waals surface area (Å²) in [6.07, 6.45) is 6.16. The van der Waals surface area contributed by atoms with Gasteiger partial charge in [-0.25, -0.2) is 0 Å². The lowest BCUT2D eigenvalue weighted by atomic mass is 9.90. The summed E-state index contributed by atoms with van der Waals surface area (Å²) >= 11 is 6.21. The molecule has 88 valence electrons. The van der Waals surface area contributed by atoms with Crippen molar-refractivity contribution in [2.45, 2.75) is 17.7 Å². The minimum Gasteiger partial charge on any atom is -0.481 e. The highest BCUT2D eigenvalue weighted by molar-refractivity contribution is 6.26. The molecule has 0 aliphatic heterocycles. The Hall–Kier alpha value is -1.54. The molecule has 1 atom stereocenters. The molecular weight excluding hydrogens is 236 g/mol. The van der Waals surface area contributed by atoms with E-state index in [1.807, 2.05) is 42.5 Å². The van der Waals surface area contributed by atoms with E-state index in [0.717, 1.165) is 11.1 Å². The zero-order valence-electron chi connectivity index (χ0n) is 9.27.